The third-order valence-electron chi connectivity index (χ3n) is 3.26. The van der Waals surface area contributed by atoms with Crippen LogP contribution >= 0.6 is 0 Å². The van der Waals surface area contributed by atoms with E-state index in [0.29, 0.717) is 19.8 Å². The lowest BCUT2D eigenvalue weighted by atomic mass is 9.84. The van der Waals surface area contributed by atoms with E-state index >= 15 is 0 Å². The van der Waals surface area contributed by atoms with Crippen molar-refractivity contribution >= 4 is 5.91 Å². The standard InChI is InChI=1S/C13H17FN2O2/c1-16(6-10-3-2-4-11(14)5-10)12(17)13(7-15)8-18-9-13/h2-5H,6-9,15H2,1H3. The molecule has 98 valence electrons. The summed E-state index contributed by atoms with van der Waals surface area (Å²) in [5.41, 5.74) is 5.82. The van der Waals surface area contributed by atoms with E-state index in [9.17, 15) is 9.18 Å². The smallest absolute Gasteiger partial charge is 0.234 e. The lowest BCUT2D eigenvalue weighted by Crippen LogP contribution is -2.58. The molecule has 0 aromatic heterocycles. The van der Waals surface area contributed by atoms with Crippen LogP contribution in [0.5, 0.6) is 0 Å². The van der Waals surface area contributed by atoms with Crippen LogP contribution in [0.4, 0.5) is 4.39 Å². The van der Waals surface area contributed by atoms with E-state index in [1.807, 2.05) is 0 Å². The van der Waals surface area contributed by atoms with Crippen molar-refractivity contribution in [2.75, 3.05) is 26.8 Å². The maximum absolute atomic E-state index is 13.1. The van der Waals surface area contributed by atoms with Crippen LogP contribution in [0, 0.1) is 11.2 Å². The van der Waals surface area contributed by atoms with Gasteiger partial charge in [-0.15, -0.1) is 0 Å². The van der Waals surface area contributed by atoms with Crippen molar-refractivity contribution in [3.8, 4) is 0 Å². The van der Waals surface area contributed by atoms with Crippen LogP contribution in [0.15, 0.2) is 24.3 Å². The van der Waals surface area contributed by atoms with Crippen molar-refractivity contribution in [2.24, 2.45) is 11.1 Å². The summed E-state index contributed by atoms with van der Waals surface area (Å²) in [5.74, 6) is -0.339. The molecule has 2 N–H and O–H groups in total. The summed E-state index contributed by atoms with van der Waals surface area (Å²) < 4.78 is 18.1. The second-order valence-electron chi connectivity index (χ2n) is 4.77. The molecule has 1 heterocycles. The van der Waals surface area contributed by atoms with E-state index < -0.39 is 5.41 Å². The van der Waals surface area contributed by atoms with Crippen LogP contribution in [-0.4, -0.2) is 37.6 Å². The SMILES string of the molecule is CN(Cc1cccc(F)c1)C(=O)C1(CN)COC1. The molecular weight excluding hydrogens is 235 g/mol. The third kappa shape index (κ3) is 2.37. The van der Waals surface area contributed by atoms with E-state index in [0.717, 1.165) is 5.56 Å². The first-order chi connectivity index (χ1) is 8.57. The highest BCUT2D eigenvalue weighted by molar-refractivity contribution is 5.84. The number of nitrogens with two attached hydrogens (primary N) is 1. The first-order valence-corrected chi connectivity index (χ1v) is 5.85. The fourth-order valence-corrected chi connectivity index (χ4v) is 2.06. The lowest BCUT2D eigenvalue weighted by molar-refractivity contribution is -0.169. The van der Waals surface area contributed by atoms with Crippen LogP contribution in [0.3, 0.4) is 0 Å². The van der Waals surface area contributed by atoms with Crippen molar-refractivity contribution in [3.63, 3.8) is 0 Å². The zero-order valence-corrected chi connectivity index (χ0v) is 10.4. The maximum atomic E-state index is 13.1. The summed E-state index contributed by atoms with van der Waals surface area (Å²) in [4.78, 5) is 13.8. The lowest BCUT2D eigenvalue weighted by Gasteiger charge is -2.41. The Morgan fingerprint density at radius 2 is 2.28 bits per heavy atom. The summed E-state index contributed by atoms with van der Waals surface area (Å²) in [6, 6.07) is 6.23. The van der Waals surface area contributed by atoms with Gasteiger partial charge in [0.2, 0.25) is 5.91 Å². The zero-order valence-electron chi connectivity index (χ0n) is 10.4. The van der Waals surface area contributed by atoms with Crippen molar-refractivity contribution in [1.29, 1.82) is 0 Å². The number of ether oxygens (including phenoxy) is 1. The van der Waals surface area contributed by atoms with E-state index in [1.54, 1.807) is 24.1 Å². The average Bonchev–Trinajstić information content (AvgIpc) is 2.28. The summed E-state index contributed by atoms with van der Waals surface area (Å²) in [7, 11) is 1.70. The van der Waals surface area contributed by atoms with Crippen molar-refractivity contribution in [2.45, 2.75) is 6.54 Å². The molecule has 1 aliphatic rings. The van der Waals surface area contributed by atoms with Gasteiger partial charge in [0.25, 0.3) is 0 Å². The Kier molecular flexibility index (Phi) is 3.63. The molecule has 0 bridgehead atoms. The molecule has 1 aliphatic heterocycles. The second-order valence-corrected chi connectivity index (χ2v) is 4.77. The Labute approximate surface area is 106 Å². The molecule has 1 saturated heterocycles. The minimum atomic E-state index is -0.581. The van der Waals surface area contributed by atoms with Gasteiger partial charge >= 0.3 is 0 Å². The maximum Gasteiger partial charge on any atom is 0.234 e. The third-order valence-corrected chi connectivity index (χ3v) is 3.26. The van der Waals surface area contributed by atoms with Crippen LogP contribution in [-0.2, 0) is 16.1 Å². The number of halogens is 1. The zero-order chi connectivity index (χ0) is 13.2. The molecule has 0 unspecified atom stereocenters. The Hall–Kier alpha value is -1.46. The number of carbonyl (C=O) groups is 1. The van der Waals surface area contributed by atoms with Gasteiger partial charge in [0, 0.05) is 20.1 Å². The fraction of sp³-hybridized carbons (Fsp3) is 0.462. The van der Waals surface area contributed by atoms with Crippen LogP contribution < -0.4 is 5.73 Å². The molecule has 5 heteroatoms. The Morgan fingerprint density at radius 3 is 2.78 bits per heavy atom. The number of hydrogen-bond donors (Lipinski definition) is 1. The Balaban J connectivity index is 2.03. The average molecular weight is 252 g/mol. The van der Waals surface area contributed by atoms with E-state index in [2.05, 4.69) is 0 Å². The molecule has 1 aromatic rings. The summed E-state index contributed by atoms with van der Waals surface area (Å²) in [5, 5.41) is 0. The highest BCUT2D eigenvalue weighted by Crippen LogP contribution is 2.28. The van der Waals surface area contributed by atoms with Gasteiger partial charge in [-0.1, -0.05) is 12.1 Å². The van der Waals surface area contributed by atoms with Gasteiger partial charge in [-0.25, -0.2) is 4.39 Å². The molecule has 0 aliphatic carbocycles. The molecule has 0 saturated carbocycles. The monoisotopic (exact) mass is 252 g/mol. The Bertz CT molecular complexity index is 441. The number of benzene rings is 1. The van der Waals surface area contributed by atoms with Gasteiger partial charge in [-0.05, 0) is 17.7 Å². The first-order valence-electron chi connectivity index (χ1n) is 5.85. The minimum absolute atomic E-state index is 0.0412. The molecule has 4 nitrogen and oxygen atoms in total. The minimum Gasteiger partial charge on any atom is -0.379 e. The van der Waals surface area contributed by atoms with Gasteiger partial charge in [0.15, 0.2) is 0 Å². The molecule has 2 rings (SSSR count). The number of carbonyl (C=O) groups excluding carboxylic acids is 1. The number of hydrogen-bond acceptors (Lipinski definition) is 3. The van der Waals surface area contributed by atoms with Gasteiger partial charge < -0.3 is 15.4 Å². The molecular formula is C13H17FN2O2. The van der Waals surface area contributed by atoms with Gasteiger partial charge in [-0.3, -0.25) is 4.79 Å². The van der Waals surface area contributed by atoms with Crippen LogP contribution in [0.1, 0.15) is 5.56 Å². The number of amides is 1. The molecule has 0 atom stereocenters. The van der Waals surface area contributed by atoms with Gasteiger partial charge in [0.05, 0.1) is 13.2 Å². The highest BCUT2D eigenvalue weighted by atomic mass is 19.1. The highest BCUT2D eigenvalue weighted by Gasteiger charge is 2.46. The van der Waals surface area contributed by atoms with E-state index in [1.165, 1.54) is 12.1 Å². The van der Waals surface area contributed by atoms with Crippen molar-refractivity contribution in [1.82, 2.24) is 4.90 Å². The quantitative estimate of drug-likeness (QED) is 0.860. The van der Waals surface area contributed by atoms with Crippen molar-refractivity contribution < 1.29 is 13.9 Å². The number of nitrogens with zero attached hydrogens (tertiary/aromatic N) is 1. The molecule has 1 aromatic carbocycles. The fourth-order valence-electron chi connectivity index (χ4n) is 2.06. The molecule has 1 amide bonds. The summed E-state index contributed by atoms with van der Waals surface area (Å²) in [6.07, 6.45) is 0. The molecule has 1 fully saturated rings. The molecule has 0 radical (unpaired) electrons. The van der Waals surface area contributed by atoms with Crippen molar-refractivity contribution in [3.05, 3.63) is 35.6 Å². The first kappa shape index (κ1) is 13.0. The second kappa shape index (κ2) is 5.04. The van der Waals surface area contributed by atoms with Crippen LogP contribution in [0.2, 0.25) is 0 Å². The molecule has 18 heavy (non-hydrogen) atoms. The summed E-state index contributed by atoms with van der Waals surface area (Å²) in [6.45, 7) is 1.39. The predicted molar refractivity (Wildman–Crippen MR) is 65.2 cm³/mol. The normalized spacial score (nSPS) is 17.1. The predicted octanol–water partition coefficient (Wildman–Crippen LogP) is 0.759. The largest absolute Gasteiger partial charge is 0.379 e. The summed E-state index contributed by atoms with van der Waals surface area (Å²) >= 11 is 0. The van der Waals surface area contributed by atoms with E-state index in [-0.39, 0.29) is 18.3 Å². The van der Waals surface area contributed by atoms with Crippen LogP contribution in [0.25, 0.3) is 0 Å². The topological polar surface area (TPSA) is 55.6 Å². The van der Waals surface area contributed by atoms with Gasteiger partial charge in [0.1, 0.15) is 11.2 Å². The Morgan fingerprint density at radius 1 is 1.56 bits per heavy atom. The van der Waals surface area contributed by atoms with Gasteiger partial charge in [-0.2, -0.15) is 0 Å². The van der Waals surface area contributed by atoms with E-state index in [4.69, 9.17) is 10.5 Å². The molecule has 0 spiro atoms. The number of rotatable bonds is 4.